The lowest BCUT2D eigenvalue weighted by molar-refractivity contribution is -0.183. The molecule has 3 unspecified atom stereocenters. The van der Waals surface area contributed by atoms with Crippen molar-refractivity contribution in [3.63, 3.8) is 0 Å². The molecule has 0 heterocycles. The zero-order valence-electron chi connectivity index (χ0n) is 6.87. The Morgan fingerprint density at radius 3 is 2.25 bits per heavy atom. The summed E-state index contributed by atoms with van der Waals surface area (Å²) < 4.78 is 36.8. The molecule has 0 saturated heterocycles. The highest BCUT2D eigenvalue weighted by Gasteiger charge is 2.46. The summed E-state index contributed by atoms with van der Waals surface area (Å²) in [5.41, 5.74) is 0. The van der Waals surface area contributed by atoms with Gasteiger partial charge in [0.15, 0.2) is 0 Å². The molecule has 1 rings (SSSR count). The van der Waals surface area contributed by atoms with Crippen molar-refractivity contribution < 1.29 is 13.2 Å². The van der Waals surface area contributed by atoms with Gasteiger partial charge in [0.1, 0.15) is 0 Å². The summed E-state index contributed by atoms with van der Waals surface area (Å²) in [6.07, 6.45) is -2.60. The van der Waals surface area contributed by atoms with Crippen molar-refractivity contribution in [3.05, 3.63) is 0 Å². The third kappa shape index (κ3) is 2.28. The minimum atomic E-state index is -4.11. The second-order valence-corrected chi connectivity index (χ2v) is 4.14. The Labute approximate surface area is 75.1 Å². The van der Waals surface area contributed by atoms with E-state index in [4.69, 9.17) is 11.6 Å². The Morgan fingerprint density at radius 2 is 1.83 bits per heavy atom. The molecular weight excluding hydrogens is 189 g/mol. The molecule has 4 heteroatoms. The summed E-state index contributed by atoms with van der Waals surface area (Å²) in [4.78, 5) is 0. The standard InChI is InChI=1S/C8H12ClF3/c1-5-2-3-7(9)6(4-5)8(10,11)12/h5-7H,2-4H2,1H3. The van der Waals surface area contributed by atoms with Crippen molar-refractivity contribution in [2.45, 2.75) is 37.7 Å². The molecule has 0 aromatic rings. The minimum Gasteiger partial charge on any atom is -0.171 e. The van der Waals surface area contributed by atoms with Crippen LogP contribution in [-0.2, 0) is 0 Å². The first-order valence-electron chi connectivity index (χ1n) is 4.12. The number of hydrogen-bond acceptors (Lipinski definition) is 0. The predicted molar refractivity (Wildman–Crippen MR) is 42.2 cm³/mol. The first-order chi connectivity index (χ1) is 5.41. The van der Waals surface area contributed by atoms with Crippen molar-refractivity contribution >= 4 is 11.6 Å². The van der Waals surface area contributed by atoms with Gasteiger partial charge in [0, 0.05) is 5.38 Å². The topological polar surface area (TPSA) is 0 Å². The zero-order valence-corrected chi connectivity index (χ0v) is 7.62. The van der Waals surface area contributed by atoms with Gasteiger partial charge in [-0.1, -0.05) is 6.92 Å². The van der Waals surface area contributed by atoms with Gasteiger partial charge in [-0.25, -0.2) is 0 Å². The van der Waals surface area contributed by atoms with Gasteiger partial charge in [-0.05, 0) is 25.2 Å². The predicted octanol–water partition coefficient (Wildman–Crippen LogP) is 3.59. The van der Waals surface area contributed by atoms with E-state index in [-0.39, 0.29) is 12.3 Å². The Bertz CT molecular complexity index is 155. The van der Waals surface area contributed by atoms with Crippen molar-refractivity contribution in [3.8, 4) is 0 Å². The van der Waals surface area contributed by atoms with Crippen LogP contribution in [0.2, 0.25) is 0 Å². The summed E-state index contributed by atoms with van der Waals surface area (Å²) in [6.45, 7) is 1.85. The molecule has 3 atom stereocenters. The SMILES string of the molecule is CC1CCC(Cl)C(C(F)(F)F)C1. The Hall–Kier alpha value is 0.0800. The van der Waals surface area contributed by atoms with E-state index < -0.39 is 17.5 Å². The maximum absolute atomic E-state index is 12.3. The van der Waals surface area contributed by atoms with Gasteiger partial charge in [-0.15, -0.1) is 11.6 Å². The molecule has 0 aromatic heterocycles. The molecule has 0 nitrogen and oxygen atoms in total. The molecule has 0 aliphatic heterocycles. The normalized spacial score (nSPS) is 38.2. The van der Waals surface area contributed by atoms with Crippen LogP contribution in [0, 0.1) is 11.8 Å². The fraction of sp³-hybridized carbons (Fsp3) is 1.00. The van der Waals surface area contributed by atoms with E-state index in [1.54, 1.807) is 0 Å². The number of hydrogen-bond donors (Lipinski definition) is 0. The third-order valence-electron chi connectivity index (χ3n) is 2.45. The van der Waals surface area contributed by atoms with Crippen LogP contribution in [0.25, 0.3) is 0 Å². The van der Waals surface area contributed by atoms with E-state index in [1.807, 2.05) is 6.92 Å². The summed E-state index contributed by atoms with van der Waals surface area (Å²) in [6, 6.07) is 0. The second-order valence-electron chi connectivity index (χ2n) is 3.58. The summed E-state index contributed by atoms with van der Waals surface area (Å²) >= 11 is 5.61. The first-order valence-corrected chi connectivity index (χ1v) is 4.55. The van der Waals surface area contributed by atoms with Crippen molar-refractivity contribution in [2.75, 3.05) is 0 Å². The van der Waals surface area contributed by atoms with Gasteiger partial charge < -0.3 is 0 Å². The lowest BCUT2D eigenvalue weighted by Gasteiger charge is -2.32. The van der Waals surface area contributed by atoms with Crippen molar-refractivity contribution in [2.24, 2.45) is 11.8 Å². The highest BCUT2D eigenvalue weighted by atomic mass is 35.5. The quantitative estimate of drug-likeness (QED) is 0.525. The second kappa shape index (κ2) is 3.44. The maximum Gasteiger partial charge on any atom is 0.393 e. The zero-order chi connectivity index (χ0) is 9.35. The van der Waals surface area contributed by atoms with Crippen LogP contribution in [0.3, 0.4) is 0 Å². The van der Waals surface area contributed by atoms with E-state index in [2.05, 4.69) is 0 Å². The van der Waals surface area contributed by atoms with Crippen LogP contribution in [0.15, 0.2) is 0 Å². The number of halogens is 4. The monoisotopic (exact) mass is 200 g/mol. The molecule has 1 aliphatic carbocycles. The number of rotatable bonds is 0. The van der Waals surface area contributed by atoms with Crippen LogP contribution in [0.4, 0.5) is 13.2 Å². The van der Waals surface area contributed by atoms with E-state index in [9.17, 15) is 13.2 Å². The third-order valence-corrected chi connectivity index (χ3v) is 2.97. The van der Waals surface area contributed by atoms with Crippen LogP contribution in [-0.4, -0.2) is 11.6 Å². The van der Waals surface area contributed by atoms with E-state index in [0.717, 1.165) is 6.42 Å². The molecule has 12 heavy (non-hydrogen) atoms. The Kier molecular flexibility index (Phi) is 2.92. The first kappa shape index (κ1) is 10.2. The molecule has 0 bridgehead atoms. The van der Waals surface area contributed by atoms with Crippen LogP contribution >= 0.6 is 11.6 Å². The Balaban J connectivity index is 2.61. The van der Waals surface area contributed by atoms with Gasteiger partial charge in [0.05, 0.1) is 5.92 Å². The highest BCUT2D eigenvalue weighted by molar-refractivity contribution is 6.20. The molecule has 1 saturated carbocycles. The van der Waals surface area contributed by atoms with Gasteiger partial charge in [-0.3, -0.25) is 0 Å². The van der Waals surface area contributed by atoms with Crippen LogP contribution in [0.5, 0.6) is 0 Å². The van der Waals surface area contributed by atoms with Gasteiger partial charge >= 0.3 is 6.18 Å². The van der Waals surface area contributed by atoms with Gasteiger partial charge in [0.2, 0.25) is 0 Å². The van der Waals surface area contributed by atoms with E-state index >= 15 is 0 Å². The largest absolute Gasteiger partial charge is 0.393 e. The maximum atomic E-state index is 12.3. The summed E-state index contributed by atoms with van der Waals surface area (Å²) in [7, 11) is 0. The molecule has 72 valence electrons. The van der Waals surface area contributed by atoms with E-state index in [0.29, 0.717) is 6.42 Å². The molecule has 0 spiro atoms. The molecule has 0 radical (unpaired) electrons. The summed E-state index contributed by atoms with van der Waals surface area (Å²) in [5, 5.41) is -0.707. The fourth-order valence-corrected chi connectivity index (χ4v) is 2.05. The minimum absolute atomic E-state index is 0.159. The van der Waals surface area contributed by atoms with Gasteiger partial charge in [-0.2, -0.15) is 13.2 Å². The highest BCUT2D eigenvalue weighted by Crippen LogP contribution is 2.42. The average Bonchev–Trinajstić information content (AvgIpc) is 1.92. The average molecular weight is 201 g/mol. The molecular formula is C8H12ClF3. The lowest BCUT2D eigenvalue weighted by Crippen LogP contribution is -2.35. The molecule has 0 N–H and O–H groups in total. The van der Waals surface area contributed by atoms with Gasteiger partial charge in [0.25, 0.3) is 0 Å². The number of alkyl halides is 4. The molecule has 0 aromatic carbocycles. The van der Waals surface area contributed by atoms with E-state index in [1.165, 1.54) is 0 Å². The van der Waals surface area contributed by atoms with Crippen molar-refractivity contribution in [1.82, 2.24) is 0 Å². The van der Waals surface area contributed by atoms with Crippen LogP contribution < -0.4 is 0 Å². The molecule has 0 amide bonds. The van der Waals surface area contributed by atoms with Crippen LogP contribution in [0.1, 0.15) is 26.2 Å². The smallest absolute Gasteiger partial charge is 0.171 e. The van der Waals surface area contributed by atoms with Crippen molar-refractivity contribution in [1.29, 1.82) is 0 Å². The molecule has 1 aliphatic rings. The Morgan fingerprint density at radius 1 is 1.25 bits per heavy atom. The molecule has 1 fully saturated rings. The fourth-order valence-electron chi connectivity index (χ4n) is 1.68. The lowest BCUT2D eigenvalue weighted by atomic mass is 9.82. The summed E-state index contributed by atoms with van der Waals surface area (Å²) in [5.74, 6) is -1.13.